The van der Waals surface area contributed by atoms with Crippen molar-refractivity contribution in [2.45, 2.75) is 13.3 Å². The normalized spacial score (nSPS) is 10.2. The van der Waals surface area contributed by atoms with Gasteiger partial charge in [-0.05, 0) is 31.5 Å². The molecule has 0 atom stereocenters. The monoisotopic (exact) mass is 300 g/mol. The molecule has 20 heavy (non-hydrogen) atoms. The van der Waals surface area contributed by atoms with Crippen molar-refractivity contribution < 1.29 is 19.8 Å². The quantitative estimate of drug-likeness (QED) is 0.752. The van der Waals surface area contributed by atoms with Gasteiger partial charge in [-0.1, -0.05) is 11.6 Å². The van der Waals surface area contributed by atoms with E-state index in [1.54, 1.807) is 6.92 Å². The third-order valence-electron chi connectivity index (χ3n) is 2.71. The van der Waals surface area contributed by atoms with Gasteiger partial charge in [0.15, 0.2) is 0 Å². The van der Waals surface area contributed by atoms with Gasteiger partial charge in [0.2, 0.25) is 0 Å². The summed E-state index contributed by atoms with van der Waals surface area (Å²) in [6, 6.07) is 3.75. The van der Waals surface area contributed by atoms with E-state index >= 15 is 0 Å². The third-order valence-corrected chi connectivity index (χ3v) is 2.94. The summed E-state index contributed by atoms with van der Waals surface area (Å²) in [5.74, 6) is -1.14. The number of amides is 2. The number of rotatable bonds is 6. The van der Waals surface area contributed by atoms with E-state index in [9.17, 15) is 9.59 Å². The molecular weight excluding hydrogens is 284 g/mol. The number of carbonyl (C=O) groups excluding carboxylic acids is 1. The third kappa shape index (κ3) is 4.40. The Hall–Kier alpha value is -1.79. The average Bonchev–Trinajstić information content (AvgIpc) is 2.39. The molecule has 0 radical (unpaired) electrons. The van der Waals surface area contributed by atoms with E-state index < -0.39 is 12.0 Å². The van der Waals surface area contributed by atoms with Crippen LogP contribution in [0.2, 0.25) is 5.02 Å². The van der Waals surface area contributed by atoms with Gasteiger partial charge in [0, 0.05) is 24.7 Å². The molecule has 0 spiro atoms. The Kier molecular flexibility index (Phi) is 6.27. The van der Waals surface area contributed by atoms with Crippen LogP contribution in [0, 0.1) is 0 Å². The van der Waals surface area contributed by atoms with Crippen molar-refractivity contribution in [1.29, 1.82) is 0 Å². The standard InChI is InChI=1S/C13H17ClN2O4/c1-2-16(6-3-7-17)13(20)15-11-8-9(14)4-5-10(11)12(18)19/h4-5,8,17H,2-3,6-7H2,1H3,(H,15,20)(H,18,19). The number of nitrogens with zero attached hydrogens (tertiary/aromatic N) is 1. The Morgan fingerprint density at radius 3 is 2.65 bits per heavy atom. The lowest BCUT2D eigenvalue weighted by Gasteiger charge is -2.21. The first kappa shape index (κ1) is 16.3. The summed E-state index contributed by atoms with van der Waals surface area (Å²) in [6.07, 6.45) is 0.461. The zero-order valence-corrected chi connectivity index (χ0v) is 11.9. The molecule has 0 saturated heterocycles. The highest BCUT2D eigenvalue weighted by Gasteiger charge is 2.16. The van der Waals surface area contributed by atoms with Gasteiger partial charge in [-0.2, -0.15) is 0 Å². The molecule has 0 aliphatic rings. The molecule has 1 rings (SSSR count). The summed E-state index contributed by atoms with van der Waals surface area (Å²) in [6.45, 7) is 2.63. The Morgan fingerprint density at radius 2 is 2.10 bits per heavy atom. The Morgan fingerprint density at radius 1 is 1.40 bits per heavy atom. The number of halogens is 1. The van der Waals surface area contributed by atoms with Gasteiger partial charge in [-0.3, -0.25) is 0 Å². The van der Waals surface area contributed by atoms with Crippen LogP contribution in [0.25, 0.3) is 0 Å². The fourth-order valence-electron chi connectivity index (χ4n) is 1.67. The van der Waals surface area contributed by atoms with E-state index in [1.165, 1.54) is 23.1 Å². The van der Waals surface area contributed by atoms with Gasteiger partial charge >= 0.3 is 12.0 Å². The molecule has 0 bridgehead atoms. The number of nitrogens with one attached hydrogen (secondary N) is 1. The summed E-state index contributed by atoms with van der Waals surface area (Å²) in [4.78, 5) is 24.6. The molecule has 1 aromatic rings. The minimum Gasteiger partial charge on any atom is -0.478 e. The topological polar surface area (TPSA) is 89.9 Å². The summed E-state index contributed by atoms with van der Waals surface area (Å²) < 4.78 is 0. The first-order valence-corrected chi connectivity index (χ1v) is 6.57. The van der Waals surface area contributed by atoms with Crippen LogP contribution in [0.3, 0.4) is 0 Å². The van der Waals surface area contributed by atoms with Crippen LogP contribution in [0.1, 0.15) is 23.7 Å². The van der Waals surface area contributed by atoms with Crippen molar-refractivity contribution in [3.05, 3.63) is 28.8 Å². The number of aliphatic hydroxyl groups is 1. The maximum absolute atomic E-state index is 12.0. The zero-order valence-electron chi connectivity index (χ0n) is 11.1. The molecule has 0 aliphatic carbocycles. The summed E-state index contributed by atoms with van der Waals surface area (Å²) >= 11 is 5.81. The zero-order chi connectivity index (χ0) is 15.1. The lowest BCUT2D eigenvalue weighted by atomic mass is 10.2. The molecule has 1 aromatic carbocycles. The molecule has 0 heterocycles. The van der Waals surface area contributed by atoms with Gasteiger partial charge in [0.25, 0.3) is 0 Å². The van der Waals surface area contributed by atoms with E-state index in [0.29, 0.717) is 24.5 Å². The van der Waals surface area contributed by atoms with Gasteiger partial charge in [-0.25, -0.2) is 9.59 Å². The maximum Gasteiger partial charge on any atom is 0.337 e. The largest absolute Gasteiger partial charge is 0.478 e. The number of carboxylic acids is 1. The number of aromatic carboxylic acids is 1. The van der Waals surface area contributed by atoms with Crippen molar-refractivity contribution >= 4 is 29.3 Å². The van der Waals surface area contributed by atoms with Crippen molar-refractivity contribution in [3.63, 3.8) is 0 Å². The maximum atomic E-state index is 12.0. The number of hydrogen-bond donors (Lipinski definition) is 3. The molecule has 0 saturated carbocycles. The molecule has 0 aromatic heterocycles. The lowest BCUT2D eigenvalue weighted by molar-refractivity contribution is 0.0698. The van der Waals surface area contributed by atoms with E-state index in [1.807, 2.05) is 0 Å². The van der Waals surface area contributed by atoms with Gasteiger partial charge in [0.05, 0.1) is 11.3 Å². The Bertz CT molecular complexity index is 493. The van der Waals surface area contributed by atoms with Crippen LogP contribution >= 0.6 is 11.6 Å². The molecule has 7 heteroatoms. The van der Waals surface area contributed by atoms with E-state index in [-0.39, 0.29) is 17.9 Å². The van der Waals surface area contributed by atoms with Gasteiger partial charge < -0.3 is 20.4 Å². The lowest BCUT2D eigenvalue weighted by Crippen LogP contribution is -2.36. The van der Waals surface area contributed by atoms with Crippen molar-refractivity contribution in [3.8, 4) is 0 Å². The highest BCUT2D eigenvalue weighted by atomic mass is 35.5. The fourth-order valence-corrected chi connectivity index (χ4v) is 1.84. The smallest absolute Gasteiger partial charge is 0.337 e. The Labute approximate surface area is 122 Å². The molecule has 6 nitrogen and oxygen atoms in total. The second kappa shape index (κ2) is 7.72. The van der Waals surface area contributed by atoms with Crippen LogP contribution in [0.5, 0.6) is 0 Å². The predicted molar refractivity (Wildman–Crippen MR) is 76.4 cm³/mol. The predicted octanol–water partition coefficient (Wildman–Crippen LogP) is 2.27. The average molecular weight is 301 g/mol. The first-order valence-electron chi connectivity index (χ1n) is 6.19. The van der Waals surface area contributed by atoms with Crippen molar-refractivity contribution in [1.82, 2.24) is 4.90 Å². The first-order chi connectivity index (χ1) is 9.49. The van der Waals surface area contributed by atoms with Gasteiger partial charge in [0.1, 0.15) is 0 Å². The number of carboxylic acid groups (broad SMARTS) is 1. The number of benzene rings is 1. The summed E-state index contributed by atoms with van der Waals surface area (Å²) in [7, 11) is 0. The second-order valence-corrected chi connectivity index (χ2v) is 4.52. The van der Waals surface area contributed by atoms with Crippen LogP contribution in [0.4, 0.5) is 10.5 Å². The number of aliphatic hydroxyl groups excluding tert-OH is 1. The van der Waals surface area contributed by atoms with Crippen LogP contribution in [-0.4, -0.2) is 46.8 Å². The number of hydrogen-bond acceptors (Lipinski definition) is 3. The number of urea groups is 1. The molecule has 110 valence electrons. The van der Waals surface area contributed by atoms with Crippen molar-refractivity contribution in [2.75, 3.05) is 25.0 Å². The molecule has 2 amide bonds. The molecule has 0 unspecified atom stereocenters. The van der Waals surface area contributed by atoms with Crippen LogP contribution < -0.4 is 5.32 Å². The molecule has 0 fully saturated rings. The minimum atomic E-state index is -1.14. The molecule has 0 aliphatic heterocycles. The van der Waals surface area contributed by atoms with Gasteiger partial charge in [-0.15, -0.1) is 0 Å². The number of carbonyl (C=O) groups is 2. The summed E-state index contributed by atoms with van der Waals surface area (Å²) in [5, 5.41) is 20.7. The fraction of sp³-hybridized carbons (Fsp3) is 0.385. The highest BCUT2D eigenvalue weighted by Crippen LogP contribution is 2.21. The van der Waals surface area contributed by atoms with Crippen LogP contribution in [0.15, 0.2) is 18.2 Å². The Balaban J connectivity index is 2.88. The molecule has 3 N–H and O–H groups in total. The van der Waals surface area contributed by atoms with Crippen LogP contribution in [-0.2, 0) is 0 Å². The SMILES string of the molecule is CCN(CCCO)C(=O)Nc1cc(Cl)ccc1C(=O)O. The van der Waals surface area contributed by atoms with E-state index in [2.05, 4.69) is 5.32 Å². The second-order valence-electron chi connectivity index (χ2n) is 4.08. The highest BCUT2D eigenvalue weighted by molar-refractivity contribution is 6.31. The minimum absolute atomic E-state index is 0.0126. The number of anilines is 1. The summed E-state index contributed by atoms with van der Waals surface area (Å²) in [5.41, 5.74) is 0.124. The van der Waals surface area contributed by atoms with E-state index in [0.717, 1.165) is 0 Å². The van der Waals surface area contributed by atoms with E-state index in [4.69, 9.17) is 21.8 Å². The molecular formula is C13H17ClN2O4. The van der Waals surface area contributed by atoms with Crippen molar-refractivity contribution in [2.24, 2.45) is 0 Å².